The lowest BCUT2D eigenvalue weighted by Crippen LogP contribution is -2.47. The minimum absolute atomic E-state index is 0.603. The average molecular weight is 284 g/mol. The molecule has 1 N–H and O–H groups in total. The van der Waals surface area contributed by atoms with E-state index in [4.69, 9.17) is 4.74 Å². The van der Waals surface area contributed by atoms with Gasteiger partial charge < -0.3 is 15.0 Å². The largest absolute Gasteiger partial charge is 0.381 e. The zero-order valence-electron chi connectivity index (χ0n) is 14.2. The van der Waals surface area contributed by atoms with E-state index in [1.54, 1.807) is 0 Å². The maximum Gasteiger partial charge on any atom is 0.0510 e. The molecule has 3 heteroatoms. The SMILES string of the molecule is CCCNC(CN(CC)CC(CC)CC)C1CCOC1. The average Bonchev–Trinajstić information content (AvgIpc) is 3.01. The number of rotatable bonds is 11. The summed E-state index contributed by atoms with van der Waals surface area (Å²) in [7, 11) is 0. The number of likely N-dealkylation sites (N-methyl/N-ethyl adjacent to an activating group) is 1. The summed E-state index contributed by atoms with van der Waals surface area (Å²) in [6, 6.07) is 0.603. The Morgan fingerprint density at radius 3 is 2.40 bits per heavy atom. The Morgan fingerprint density at radius 2 is 1.90 bits per heavy atom. The molecule has 2 atom stereocenters. The number of ether oxygens (including phenoxy) is 1. The molecular weight excluding hydrogens is 248 g/mol. The van der Waals surface area contributed by atoms with E-state index in [0.717, 1.165) is 32.2 Å². The van der Waals surface area contributed by atoms with Gasteiger partial charge in [0.05, 0.1) is 6.61 Å². The first kappa shape index (κ1) is 17.9. The summed E-state index contributed by atoms with van der Waals surface area (Å²) in [6.07, 6.45) is 5.03. The van der Waals surface area contributed by atoms with Crippen molar-refractivity contribution in [1.82, 2.24) is 10.2 Å². The van der Waals surface area contributed by atoms with E-state index >= 15 is 0 Å². The fourth-order valence-corrected chi connectivity index (χ4v) is 3.10. The Hall–Kier alpha value is -0.120. The van der Waals surface area contributed by atoms with Gasteiger partial charge in [0.2, 0.25) is 0 Å². The van der Waals surface area contributed by atoms with Crippen LogP contribution in [-0.2, 0) is 4.74 Å². The molecule has 1 aliphatic rings. The summed E-state index contributed by atoms with van der Waals surface area (Å²) in [5, 5.41) is 3.76. The van der Waals surface area contributed by atoms with Crippen LogP contribution in [-0.4, -0.2) is 50.3 Å². The van der Waals surface area contributed by atoms with Crippen molar-refractivity contribution < 1.29 is 4.74 Å². The third-order valence-corrected chi connectivity index (χ3v) is 4.76. The number of hydrogen-bond donors (Lipinski definition) is 1. The molecular formula is C17H36N2O. The Balaban J connectivity index is 2.50. The zero-order chi connectivity index (χ0) is 14.8. The highest BCUT2D eigenvalue weighted by molar-refractivity contribution is 4.82. The first-order chi connectivity index (χ1) is 9.74. The van der Waals surface area contributed by atoms with Crippen LogP contribution in [0, 0.1) is 11.8 Å². The molecule has 0 saturated carbocycles. The molecule has 3 nitrogen and oxygen atoms in total. The summed E-state index contributed by atoms with van der Waals surface area (Å²) in [5.41, 5.74) is 0. The molecule has 0 aromatic carbocycles. The third-order valence-electron chi connectivity index (χ3n) is 4.76. The van der Waals surface area contributed by atoms with Crippen molar-refractivity contribution in [3.8, 4) is 0 Å². The van der Waals surface area contributed by atoms with E-state index in [9.17, 15) is 0 Å². The third kappa shape index (κ3) is 6.11. The molecule has 0 aliphatic carbocycles. The van der Waals surface area contributed by atoms with E-state index in [1.807, 2.05) is 0 Å². The number of nitrogens with zero attached hydrogens (tertiary/aromatic N) is 1. The van der Waals surface area contributed by atoms with Gasteiger partial charge in [0, 0.05) is 31.7 Å². The molecule has 0 radical (unpaired) electrons. The van der Waals surface area contributed by atoms with Crippen LogP contribution in [0.1, 0.15) is 53.4 Å². The van der Waals surface area contributed by atoms with Crippen molar-refractivity contribution in [1.29, 1.82) is 0 Å². The molecule has 120 valence electrons. The molecule has 0 amide bonds. The highest BCUT2D eigenvalue weighted by Crippen LogP contribution is 2.19. The molecule has 1 saturated heterocycles. The number of nitrogens with one attached hydrogen (secondary N) is 1. The first-order valence-corrected chi connectivity index (χ1v) is 8.78. The van der Waals surface area contributed by atoms with Gasteiger partial charge in [0.15, 0.2) is 0 Å². The van der Waals surface area contributed by atoms with Crippen LogP contribution in [0.3, 0.4) is 0 Å². The lowest BCUT2D eigenvalue weighted by atomic mass is 9.97. The van der Waals surface area contributed by atoms with Gasteiger partial charge in [0.1, 0.15) is 0 Å². The summed E-state index contributed by atoms with van der Waals surface area (Å²) in [4.78, 5) is 2.64. The molecule has 0 aromatic rings. The molecule has 1 rings (SSSR count). The van der Waals surface area contributed by atoms with Gasteiger partial charge in [-0.2, -0.15) is 0 Å². The van der Waals surface area contributed by atoms with Crippen molar-refractivity contribution in [3.05, 3.63) is 0 Å². The lowest BCUT2D eigenvalue weighted by molar-refractivity contribution is 0.154. The fourth-order valence-electron chi connectivity index (χ4n) is 3.10. The highest BCUT2D eigenvalue weighted by Gasteiger charge is 2.27. The van der Waals surface area contributed by atoms with E-state index in [0.29, 0.717) is 12.0 Å². The molecule has 1 fully saturated rings. The zero-order valence-corrected chi connectivity index (χ0v) is 14.2. The van der Waals surface area contributed by atoms with Crippen LogP contribution in [0.5, 0.6) is 0 Å². The van der Waals surface area contributed by atoms with Crippen LogP contribution in [0.4, 0.5) is 0 Å². The lowest BCUT2D eigenvalue weighted by Gasteiger charge is -2.32. The second-order valence-electron chi connectivity index (χ2n) is 6.22. The van der Waals surface area contributed by atoms with E-state index in [2.05, 4.69) is 37.9 Å². The molecule has 2 unspecified atom stereocenters. The summed E-state index contributed by atoms with van der Waals surface area (Å²) >= 11 is 0. The van der Waals surface area contributed by atoms with Gasteiger partial charge in [-0.3, -0.25) is 0 Å². The highest BCUT2D eigenvalue weighted by atomic mass is 16.5. The van der Waals surface area contributed by atoms with Gasteiger partial charge in [-0.05, 0) is 31.8 Å². The van der Waals surface area contributed by atoms with Crippen LogP contribution in [0.15, 0.2) is 0 Å². The maximum absolute atomic E-state index is 5.60. The molecule has 0 aromatic heterocycles. The molecule has 1 heterocycles. The Morgan fingerprint density at radius 1 is 1.15 bits per heavy atom. The smallest absolute Gasteiger partial charge is 0.0510 e. The maximum atomic E-state index is 5.60. The predicted molar refractivity (Wildman–Crippen MR) is 87.2 cm³/mol. The van der Waals surface area contributed by atoms with Gasteiger partial charge in [-0.1, -0.05) is 40.5 Å². The van der Waals surface area contributed by atoms with E-state index in [-0.39, 0.29) is 0 Å². The van der Waals surface area contributed by atoms with Crippen LogP contribution >= 0.6 is 0 Å². The van der Waals surface area contributed by atoms with Gasteiger partial charge in [-0.15, -0.1) is 0 Å². The molecule has 0 spiro atoms. The van der Waals surface area contributed by atoms with Crippen molar-refractivity contribution >= 4 is 0 Å². The summed E-state index contributed by atoms with van der Waals surface area (Å²) in [6.45, 7) is 15.8. The van der Waals surface area contributed by atoms with Gasteiger partial charge in [-0.25, -0.2) is 0 Å². The van der Waals surface area contributed by atoms with E-state index < -0.39 is 0 Å². The monoisotopic (exact) mass is 284 g/mol. The van der Waals surface area contributed by atoms with E-state index in [1.165, 1.54) is 38.8 Å². The van der Waals surface area contributed by atoms with Crippen molar-refractivity contribution in [2.75, 3.05) is 39.4 Å². The normalized spacial score (nSPS) is 21.0. The Kier molecular flexibility index (Phi) is 9.49. The van der Waals surface area contributed by atoms with Crippen LogP contribution in [0.25, 0.3) is 0 Å². The minimum atomic E-state index is 0.603. The van der Waals surface area contributed by atoms with Crippen molar-refractivity contribution in [2.24, 2.45) is 11.8 Å². The van der Waals surface area contributed by atoms with Gasteiger partial charge >= 0.3 is 0 Å². The predicted octanol–water partition coefficient (Wildman–Crippen LogP) is 3.15. The first-order valence-electron chi connectivity index (χ1n) is 8.78. The molecule has 20 heavy (non-hydrogen) atoms. The second-order valence-corrected chi connectivity index (χ2v) is 6.22. The molecule has 1 aliphatic heterocycles. The number of hydrogen-bond acceptors (Lipinski definition) is 3. The molecule has 0 bridgehead atoms. The van der Waals surface area contributed by atoms with Crippen molar-refractivity contribution in [3.63, 3.8) is 0 Å². The quantitative estimate of drug-likeness (QED) is 0.631. The Bertz CT molecular complexity index is 225. The van der Waals surface area contributed by atoms with Gasteiger partial charge in [0.25, 0.3) is 0 Å². The standard InChI is InChI=1S/C17H36N2O/c1-5-10-18-17(16-9-11-20-14-16)13-19(8-4)12-15(6-2)7-3/h15-18H,5-14H2,1-4H3. The van der Waals surface area contributed by atoms with Crippen molar-refractivity contribution in [2.45, 2.75) is 59.4 Å². The van der Waals surface area contributed by atoms with Crippen LogP contribution in [0.2, 0.25) is 0 Å². The Labute approximate surface area is 126 Å². The topological polar surface area (TPSA) is 24.5 Å². The minimum Gasteiger partial charge on any atom is -0.381 e. The van der Waals surface area contributed by atoms with Crippen LogP contribution < -0.4 is 5.32 Å². The second kappa shape index (κ2) is 10.6. The summed E-state index contributed by atoms with van der Waals surface area (Å²) in [5.74, 6) is 1.55. The fraction of sp³-hybridized carbons (Fsp3) is 1.00. The summed E-state index contributed by atoms with van der Waals surface area (Å²) < 4.78 is 5.60.